The molecule has 1 amide bonds. The zero-order valence-corrected chi connectivity index (χ0v) is 15.5. The molecule has 6 rings (SSSR count). The van der Waals surface area contributed by atoms with Crippen molar-refractivity contribution in [2.24, 2.45) is 5.92 Å². The molecule has 3 aromatic rings. The molecule has 0 aliphatic carbocycles. The summed E-state index contributed by atoms with van der Waals surface area (Å²) in [4.78, 5) is 22.2. The Hall–Kier alpha value is -2.18. The molecule has 3 fully saturated rings. The van der Waals surface area contributed by atoms with Crippen molar-refractivity contribution in [3.8, 4) is 10.8 Å². The number of aromatic nitrogens is 1. The number of carbonyl (C=O) groups excluding carboxylic acids is 1. The van der Waals surface area contributed by atoms with Crippen LogP contribution in [0.4, 0.5) is 0 Å². The molecule has 134 valence electrons. The van der Waals surface area contributed by atoms with Gasteiger partial charge in [-0.05, 0) is 63.0 Å². The van der Waals surface area contributed by atoms with E-state index in [2.05, 4.69) is 28.2 Å². The fraction of sp³-hybridized carbons (Fsp3) is 0.400. The number of nitrogens with one attached hydrogen (secondary N) is 1. The molecule has 3 aliphatic rings. The molecule has 5 nitrogen and oxygen atoms in total. The van der Waals surface area contributed by atoms with Crippen molar-refractivity contribution >= 4 is 28.3 Å². The molecule has 3 aliphatic heterocycles. The molecular weight excluding hydrogens is 346 g/mol. The standard InChI is InChI=1S/C20H21N3O2S/c1-12-5-6-17(26-12)20-22-18-14(3-2-4-16(18)25-20)19(24)21-15-11-23-9-7-13(15)8-10-23/h2-6,13,15H,7-11H2,1H3,(H,21,24). The number of thiophene rings is 1. The Morgan fingerprint density at radius 3 is 2.81 bits per heavy atom. The van der Waals surface area contributed by atoms with E-state index in [4.69, 9.17) is 4.42 Å². The molecule has 6 heteroatoms. The second-order valence-electron chi connectivity index (χ2n) is 7.30. The van der Waals surface area contributed by atoms with Gasteiger partial charge in [-0.25, -0.2) is 4.98 Å². The molecule has 0 spiro atoms. The van der Waals surface area contributed by atoms with E-state index >= 15 is 0 Å². The predicted molar refractivity (Wildman–Crippen MR) is 102 cm³/mol. The highest BCUT2D eigenvalue weighted by Crippen LogP contribution is 2.31. The number of piperidine rings is 3. The molecule has 1 aromatic carbocycles. The maximum Gasteiger partial charge on any atom is 0.253 e. The van der Waals surface area contributed by atoms with Gasteiger partial charge < -0.3 is 14.6 Å². The zero-order chi connectivity index (χ0) is 17.7. The van der Waals surface area contributed by atoms with Crippen LogP contribution in [0.15, 0.2) is 34.7 Å². The summed E-state index contributed by atoms with van der Waals surface area (Å²) in [5.74, 6) is 1.14. The summed E-state index contributed by atoms with van der Waals surface area (Å²) in [6.45, 7) is 5.35. The first-order chi connectivity index (χ1) is 12.7. The van der Waals surface area contributed by atoms with Crippen LogP contribution in [0.2, 0.25) is 0 Å². The van der Waals surface area contributed by atoms with Crippen LogP contribution in [0.1, 0.15) is 28.1 Å². The number of benzene rings is 1. The molecule has 2 bridgehead atoms. The van der Waals surface area contributed by atoms with Crippen LogP contribution < -0.4 is 5.32 Å². The zero-order valence-electron chi connectivity index (χ0n) is 14.7. The average Bonchev–Trinajstić information content (AvgIpc) is 3.28. The number of carbonyl (C=O) groups is 1. The van der Waals surface area contributed by atoms with Gasteiger partial charge in [-0.3, -0.25) is 4.79 Å². The van der Waals surface area contributed by atoms with Gasteiger partial charge in [-0.2, -0.15) is 0 Å². The van der Waals surface area contributed by atoms with Crippen molar-refractivity contribution in [1.82, 2.24) is 15.2 Å². The number of hydrogen-bond acceptors (Lipinski definition) is 5. The van der Waals surface area contributed by atoms with Gasteiger partial charge in [0.15, 0.2) is 5.58 Å². The van der Waals surface area contributed by atoms with Crippen LogP contribution in [0, 0.1) is 12.8 Å². The maximum atomic E-state index is 12.9. The Morgan fingerprint density at radius 1 is 1.27 bits per heavy atom. The molecule has 3 saturated heterocycles. The van der Waals surface area contributed by atoms with Crippen LogP contribution in [0.3, 0.4) is 0 Å². The van der Waals surface area contributed by atoms with E-state index in [-0.39, 0.29) is 11.9 Å². The first-order valence-electron chi connectivity index (χ1n) is 9.17. The van der Waals surface area contributed by atoms with Crippen LogP contribution in [0.25, 0.3) is 21.9 Å². The second kappa shape index (κ2) is 6.21. The highest BCUT2D eigenvalue weighted by atomic mass is 32.1. The Morgan fingerprint density at radius 2 is 2.12 bits per heavy atom. The number of aryl methyl sites for hydroxylation is 1. The molecule has 1 N–H and O–H groups in total. The third-order valence-electron chi connectivity index (χ3n) is 5.59. The van der Waals surface area contributed by atoms with E-state index in [1.54, 1.807) is 11.3 Å². The number of nitrogens with zero attached hydrogens (tertiary/aromatic N) is 2. The normalized spacial score (nSPS) is 24.9. The minimum Gasteiger partial charge on any atom is -0.435 e. The summed E-state index contributed by atoms with van der Waals surface area (Å²) in [5.41, 5.74) is 1.90. The third-order valence-corrected chi connectivity index (χ3v) is 6.58. The smallest absolute Gasteiger partial charge is 0.253 e. The van der Waals surface area contributed by atoms with E-state index in [0.29, 0.717) is 28.5 Å². The number of fused-ring (bicyclic) bond motifs is 4. The molecular formula is C20H21N3O2S. The lowest BCUT2D eigenvalue weighted by molar-refractivity contribution is 0.0621. The monoisotopic (exact) mass is 367 g/mol. The van der Waals surface area contributed by atoms with Crippen molar-refractivity contribution in [2.75, 3.05) is 19.6 Å². The van der Waals surface area contributed by atoms with Crippen molar-refractivity contribution in [3.63, 3.8) is 0 Å². The molecule has 2 aromatic heterocycles. The van der Waals surface area contributed by atoms with Crippen molar-refractivity contribution in [1.29, 1.82) is 0 Å². The highest BCUT2D eigenvalue weighted by Gasteiger charge is 2.35. The number of hydrogen-bond donors (Lipinski definition) is 1. The van der Waals surface area contributed by atoms with Gasteiger partial charge in [-0.1, -0.05) is 6.07 Å². The van der Waals surface area contributed by atoms with Crippen LogP contribution in [0.5, 0.6) is 0 Å². The number of rotatable bonds is 3. The summed E-state index contributed by atoms with van der Waals surface area (Å²) >= 11 is 1.64. The summed E-state index contributed by atoms with van der Waals surface area (Å²) in [6, 6.07) is 9.88. The van der Waals surface area contributed by atoms with Crippen LogP contribution in [-0.2, 0) is 0 Å². The largest absolute Gasteiger partial charge is 0.435 e. The van der Waals surface area contributed by atoms with Gasteiger partial charge in [0, 0.05) is 17.5 Å². The number of para-hydroxylation sites is 1. The number of amides is 1. The van der Waals surface area contributed by atoms with Crippen molar-refractivity contribution < 1.29 is 9.21 Å². The van der Waals surface area contributed by atoms with Gasteiger partial charge in [0.1, 0.15) is 5.52 Å². The second-order valence-corrected chi connectivity index (χ2v) is 8.59. The molecule has 0 saturated carbocycles. The quantitative estimate of drug-likeness (QED) is 0.767. The lowest BCUT2D eigenvalue weighted by Crippen LogP contribution is -2.57. The molecule has 1 atom stereocenters. The lowest BCUT2D eigenvalue weighted by atomic mass is 9.84. The predicted octanol–water partition coefficient (Wildman–Crippen LogP) is 3.69. The lowest BCUT2D eigenvalue weighted by Gasteiger charge is -2.44. The Labute approximate surface area is 156 Å². The molecule has 0 radical (unpaired) electrons. The SMILES string of the molecule is Cc1ccc(-c2nc3c(C(=O)NC4CN5CCC4CC5)cccc3o2)s1. The highest BCUT2D eigenvalue weighted by molar-refractivity contribution is 7.15. The average molecular weight is 367 g/mol. The van der Waals surface area contributed by atoms with Crippen molar-refractivity contribution in [2.45, 2.75) is 25.8 Å². The maximum absolute atomic E-state index is 12.9. The fourth-order valence-electron chi connectivity index (χ4n) is 4.16. The Balaban J connectivity index is 1.44. The van der Waals surface area contributed by atoms with Gasteiger partial charge in [-0.15, -0.1) is 11.3 Å². The molecule has 5 heterocycles. The summed E-state index contributed by atoms with van der Waals surface area (Å²) in [7, 11) is 0. The van der Waals surface area contributed by atoms with E-state index in [1.165, 1.54) is 30.8 Å². The van der Waals surface area contributed by atoms with Gasteiger partial charge in [0.2, 0.25) is 5.89 Å². The molecule has 1 unspecified atom stereocenters. The third kappa shape index (κ3) is 2.73. The van der Waals surface area contributed by atoms with E-state index in [1.807, 2.05) is 24.3 Å². The van der Waals surface area contributed by atoms with Crippen LogP contribution in [-0.4, -0.2) is 41.5 Å². The van der Waals surface area contributed by atoms with E-state index in [0.717, 1.165) is 11.4 Å². The van der Waals surface area contributed by atoms with Gasteiger partial charge in [0.25, 0.3) is 5.91 Å². The van der Waals surface area contributed by atoms with E-state index in [9.17, 15) is 4.79 Å². The van der Waals surface area contributed by atoms with E-state index < -0.39 is 0 Å². The van der Waals surface area contributed by atoms with Crippen molar-refractivity contribution in [3.05, 3.63) is 40.8 Å². The Bertz CT molecular complexity index is 969. The fourth-order valence-corrected chi connectivity index (χ4v) is 4.96. The van der Waals surface area contributed by atoms with Gasteiger partial charge >= 0.3 is 0 Å². The summed E-state index contributed by atoms with van der Waals surface area (Å²) in [6.07, 6.45) is 2.36. The van der Waals surface area contributed by atoms with Gasteiger partial charge in [0.05, 0.1) is 10.4 Å². The minimum absolute atomic E-state index is 0.0449. The number of oxazole rings is 1. The first kappa shape index (κ1) is 16.0. The topological polar surface area (TPSA) is 58.4 Å². The summed E-state index contributed by atoms with van der Waals surface area (Å²) < 4.78 is 5.91. The molecule has 26 heavy (non-hydrogen) atoms. The van der Waals surface area contributed by atoms with Crippen LogP contribution >= 0.6 is 11.3 Å². The Kier molecular flexibility index (Phi) is 3.83. The minimum atomic E-state index is -0.0449. The summed E-state index contributed by atoms with van der Waals surface area (Å²) in [5, 5.41) is 3.25. The first-order valence-corrected chi connectivity index (χ1v) is 9.98.